The van der Waals surface area contributed by atoms with Crippen molar-refractivity contribution >= 4 is 16.3 Å². The van der Waals surface area contributed by atoms with Crippen LogP contribution in [0, 0.1) is 20.8 Å². The first-order valence-electron chi connectivity index (χ1n) is 5.88. The van der Waals surface area contributed by atoms with Crippen LogP contribution in [0.4, 0.5) is 5.00 Å². The van der Waals surface area contributed by atoms with Crippen molar-refractivity contribution in [3.05, 3.63) is 46.1 Å². The van der Waals surface area contributed by atoms with Gasteiger partial charge in [0.05, 0.1) is 10.7 Å². The van der Waals surface area contributed by atoms with Crippen LogP contribution in [-0.2, 0) is 6.42 Å². The molecule has 90 valence electrons. The molecule has 0 aliphatic carbocycles. The van der Waals surface area contributed by atoms with Gasteiger partial charge in [0, 0.05) is 6.54 Å². The van der Waals surface area contributed by atoms with Crippen molar-refractivity contribution in [2.24, 2.45) is 0 Å². The molecular formula is C14H18N2S. The summed E-state index contributed by atoms with van der Waals surface area (Å²) in [6.07, 6.45) is 1.05. The number of hydrogen-bond donors (Lipinski definition) is 1. The molecule has 0 aliphatic heterocycles. The zero-order chi connectivity index (χ0) is 12.3. The molecule has 0 atom stereocenters. The molecule has 17 heavy (non-hydrogen) atoms. The minimum Gasteiger partial charge on any atom is -0.375 e. The highest BCUT2D eigenvalue weighted by molar-refractivity contribution is 7.15. The SMILES string of the molecule is Cc1ccc(CCNc2sc(C)nc2C)cc1. The van der Waals surface area contributed by atoms with Crippen molar-refractivity contribution < 1.29 is 0 Å². The minimum atomic E-state index is 0.964. The van der Waals surface area contributed by atoms with E-state index < -0.39 is 0 Å². The smallest absolute Gasteiger partial charge is 0.112 e. The zero-order valence-electron chi connectivity index (χ0n) is 10.6. The van der Waals surface area contributed by atoms with Gasteiger partial charge in [-0.05, 0) is 32.8 Å². The van der Waals surface area contributed by atoms with Crippen LogP contribution in [0.25, 0.3) is 0 Å². The summed E-state index contributed by atoms with van der Waals surface area (Å²) in [7, 11) is 0. The number of hydrogen-bond acceptors (Lipinski definition) is 3. The maximum Gasteiger partial charge on any atom is 0.112 e. The topological polar surface area (TPSA) is 24.9 Å². The van der Waals surface area contributed by atoms with Crippen LogP contribution in [0.5, 0.6) is 0 Å². The van der Waals surface area contributed by atoms with Gasteiger partial charge in [-0.1, -0.05) is 29.8 Å². The Morgan fingerprint density at radius 1 is 1.12 bits per heavy atom. The number of thiazole rings is 1. The number of rotatable bonds is 4. The van der Waals surface area contributed by atoms with E-state index in [1.54, 1.807) is 11.3 Å². The zero-order valence-corrected chi connectivity index (χ0v) is 11.4. The highest BCUT2D eigenvalue weighted by atomic mass is 32.1. The Kier molecular flexibility index (Phi) is 3.79. The predicted molar refractivity (Wildman–Crippen MR) is 75.0 cm³/mol. The highest BCUT2D eigenvalue weighted by Gasteiger charge is 2.03. The first-order valence-corrected chi connectivity index (χ1v) is 6.70. The lowest BCUT2D eigenvalue weighted by Gasteiger charge is -2.05. The van der Waals surface area contributed by atoms with Crippen molar-refractivity contribution in [3.8, 4) is 0 Å². The van der Waals surface area contributed by atoms with Gasteiger partial charge in [0.25, 0.3) is 0 Å². The van der Waals surface area contributed by atoms with E-state index in [0.717, 1.165) is 23.7 Å². The average molecular weight is 246 g/mol. The molecule has 1 aromatic heterocycles. The summed E-state index contributed by atoms with van der Waals surface area (Å²) in [5.74, 6) is 0. The molecule has 3 heteroatoms. The fourth-order valence-electron chi connectivity index (χ4n) is 1.77. The van der Waals surface area contributed by atoms with E-state index in [2.05, 4.69) is 48.4 Å². The molecule has 0 saturated carbocycles. The molecule has 0 unspecified atom stereocenters. The summed E-state index contributed by atoms with van der Waals surface area (Å²) in [6.45, 7) is 7.18. The Bertz CT molecular complexity index is 485. The summed E-state index contributed by atoms with van der Waals surface area (Å²) in [5, 5.41) is 5.78. The van der Waals surface area contributed by atoms with Gasteiger partial charge >= 0.3 is 0 Å². The molecule has 2 nitrogen and oxygen atoms in total. The van der Waals surface area contributed by atoms with E-state index in [-0.39, 0.29) is 0 Å². The summed E-state index contributed by atoms with van der Waals surface area (Å²) in [6, 6.07) is 8.72. The van der Waals surface area contributed by atoms with Gasteiger partial charge in [0.1, 0.15) is 5.00 Å². The third-order valence-corrected chi connectivity index (χ3v) is 3.75. The summed E-state index contributed by atoms with van der Waals surface area (Å²) in [5.41, 5.74) is 3.80. The number of aromatic nitrogens is 1. The fraction of sp³-hybridized carbons (Fsp3) is 0.357. The predicted octanol–water partition coefficient (Wildman–Crippen LogP) is 3.72. The second-order valence-corrected chi connectivity index (χ2v) is 5.51. The van der Waals surface area contributed by atoms with Crippen LogP contribution in [0.2, 0.25) is 0 Å². The van der Waals surface area contributed by atoms with E-state index in [0.29, 0.717) is 0 Å². The molecular weight excluding hydrogens is 228 g/mol. The van der Waals surface area contributed by atoms with Crippen molar-refractivity contribution in [1.82, 2.24) is 4.98 Å². The summed E-state index contributed by atoms with van der Waals surface area (Å²) >= 11 is 1.73. The molecule has 0 spiro atoms. The normalized spacial score (nSPS) is 10.5. The molecule has 0 aliphatic rings. The standard InChI is InChI=1S/C14H18N2S/c1-10-4-6-13(7-5-10)8-9-15-14-11(2)16-12(3)17-14/h4-7,15H,8-9H2,1-3H3. The monoisotopic (exact) mass is 246 g/mol. The van der Waals surface area contributed by atoms with Crippen LogP contribution in [0.3, 0.4) is 0 Å². The Morgan fingerprint density at radius 3 is 2.41 bits per heavy atom. The number of anilines is 1. The fourth-order valence-corrected chi connectivity index (χ4v) is 2.62. The van der Waals surface area contributed by atoms with Crippen molar-refractivity contribution in [3.63, 3.8) is 0 Å². The molecule has 0 fully saturated rings. The number of benzene rings is 1. The van der Waals surface area contributed by atoms with Crippen LogP contribution < -0.4 is 5.32 Å². The van der Waals surface area contributed by atoms with E-state index in [4.69, 9.17) is 0 Å². The molecule has 0 bridgehead atoms. The third kappa shape index (κ3) is 3.30. The number of nitrogens with zero attached hydrogens (tertiary/aromatic N) is 1. The lowest BCUT2D eigenvalue weighted by Crippen LogP contribution is -2.04. The van der Waals surface area contributed by atoms with Gasteiger partial charge in [0.2, 0.25) is 0 Å². The summed E-state index contributed by atoms with van der Waals surface area (Å²) < 4.78 is 0. The lowest BCUT2D eigenvalue weighted by molar-refractivity contribution is 1.02. The molecule has 0 amide bonds. The van der Waals surface area contributed by atoms with Crippen molar-refractivity contribution in [2.45, 2.75) is 27.2 Å². The van der Waals surface area contributed by atoms with Gasteiger partial charge in [0.15, 0.2) is 0 Å². The Hall–Kier alpha value is -1.35. The van der Waals surface area contributed by atoms with E-state index in [9.17, 15) is 0 Å². The number of aryl methyl sites for hydroxylation is 3. The molecule has 2 rings (SSSR count). The maximum absolute atomic E-state index is 4.40. The van der Waals surface area contributed by atoms with Crippen LogP contribution in [-0.4, -0.2) is 11.5 Å². The van der Waals surface area contributed by atoms with E-state index in [1.165, 1.54) is 16.1 Å². The Balaban J connectivity index is 1.87. The summed E-state index contributed by atoms with van der Waals surface area (Å²) in [4.78, 5) is 4.40. The van der Waals surface area contributed by atoms with Gasteiger partial charge in [-0.2, -0.15) is 0 Å². The van der Waals surface area contributed by atoms with Crippen LogP contribution >= 0.6 is 11.3 Å². The number of nitrogens with one attached hydrogen (secondary N) is 1. The van der Waals surface area contributed by atoms with Crippen molar-refractivity contribution in [2.75, 3.05) is 11.9 Å². The van der Waals surface area contributed by atoms with E-state index >= 15 is 0 Å². The molecule has 1 heterocycles. The molecule has 2 aromatic rings. The van der Waals surface area contributed by atoms with Gasteiger partial charge in [-0.3, -0.25) is 0 Å². The lowest BCUT2D eigenvalue weighted by atomic mass is 10.1. The quantitative estimate of drug-likeness (QED) is 0.889. The second-order valence-electron chi connectivity index (χ2n) is 4.31. The average Bonchev–Trinajstić information content (AvgIpc) is 2.60. The van der Waals surface area contributed by atoms with Gasteiger partial charge in [-0.25, -0.2) is 4.98 Å². The third-order valence-electron chi connectivity index (χ3n) is 2.72. The molecule has 0 saturated heterocycles. The second kappa shape index (κ2) is 5.32. The molecule has 0 radical (unpaired) electrons. The Morgan fingerprint density at radius 2 is 1.82 bits per heavy atom. The molecule has 1 aromatic carbocycles. The highest BCUT2D eigenvalue weighted by Crippen LogP contribution is 2.22. The van der Waals surface area contributed by atoms with Gasteiger partial charge < -0.3 is 5.32 Å². The van der Waals surface area contributed by atoms with Crippen LogP contribution in [0.15, 0.2) is 24.3 Å². The van der Waals surface area contributed by atoms with E-state index in [1.807, 2.05) is 6.92 Å². The van der Waals surface area contributed by atoms with Gasteiger partial charge in [-0.15, -0.1) is 11.3 Å². The van der Waals surface area contributed by atoms with Crippen molar-refractivity contribution in [1.29, 1.82) is 0 Å². The largest absolute Gasteiger partial charge is 0.375 e. The first-order chi connectivity index (χ1) is 8.15. The van der Waals surface area contributed by atoms with Crippen LogP contribution in [0.1, 0.15) is 21.8 Å². The molecule has 1 N–H and O–H groups in total. The minimum absolute atomic E-state index is 0.964. The first kappa shape index (κ1) is 12.1. The maximum atomic E-state index is 4.40. The Labute approximate surface area is 107 Å².